The smallest absolute Gasteiger partial charge is 0.235 e. The maximum Gasteiger partial charge on any atom is 0.235 e. The number of nitrogens with zero attached hydrogens (tertiary/aromatic N) is 3. The Morgan fingerprint density at radius 1 is 1.20 bits per heavy atom. The van der Waals surface area contributed by atoms with Crippen LogP contribution in [-0.4, -0.2) is 60.1 Å². The van der Waals surface area contributed by atoms with E-state index in [1.165, 1.54) is 30.4 Å². The van der Waals surface area contributed by atoms with Gasteiger partial charge in [0.2, 0.25) is 5.91 Å². The number of pyridine rings is 1. The molecule has 3 aromatic rings. The molecule has 2 aromatic heterocycles. The summed E-state index contributed by atoms with van der Waals surface area (Å²) in [5.41, 5.74) is 0.928. The third-order valence-electron chi connectivity index (χ3n) is 6.91. The minimum Gasteiger partial charge on any atom is -0.495 e. The Balaban J connectivity index is 0.00000441. The van der Waals surface area contributed by atoms with Crippen LogP contribution in [-0.2, 0) is 33.0 Å². The molecule has 1 fully saturated rings. The second kappa shape index (κ2) is 13.2. The third kappa shape index (κ3) is 7.44. The number of amides is 1. The largest absolute Gasteiger partial charge is 0.495 e. The van der Waals surface area contributed by atoms with Crippen LogP contribution in [0.1, 0.15) is 57.8 Å². The van der Waals surface area contributed by atoms with Gasteiger partial charge in [0.15, 0.2) is 15.6 Å². The maximum atomic E-state index is 14.0. The number of carbonyl (C=O) groups is 2. The number of hydrogen-bond acceptors (Lipinski definition) is 8. The Hall–Kier alpha value is -2.89. The number of ketones is 1. The standard InChI is InChI=1S/C28H32FN3O5S2.ClH/c1-4-39(35,36)18-23(33)26-19(2)38-25(31-26)17-32(14-6-8-20-7-5-9-21(29)15-20)27(34)28(12-13-28)24-11-10-22(37-3)16-30-24;/h5,7,9-11,15-16H,4,6,8,12-14,17-18H2,1-3H3;1H. The van der Waals surface area contributed by atoms with E-state index in [9.17, 15) is 22.4 Å². The molecule has 0 radical (unpaired) electrons. The number of Topliss-reactive ketones (excluding diaryl/α,β-unsaturated/α-hetero) is 1. The van der Waals surface area contributed by atoms with Crippen molar-refractivity contribution in [2.45, 2.75) is 51.5 Å². The van der Waals surface area contributed by atoms with Crippen molar-refractivity contribution in [3.05, 3.63) is 75.2 Å². The summed E-state index contributed by atoms with van der Waals surface area (Å²) in [5.74, 6) is -1.02. The van der Waals surface area contributed by atoms with Crippen LogP contribution in [0.2, 0.25) is 0 Å². The SMILES string of the molecule is CCS(=O)(=O)CC(=O)c1nc(CN(CCCc2cccc(F)c2)C(=O)C2(c3ccc(OC)cn3)CC2)sc1C.Cl. The predicted octanol–water partition coefficient (Wildman–Crippen LogP) is 4.73. The number of methoxy groups -OCH3 is 1. The number of hydrogen-bond donors (Lipinski definition) is 0. The van der Waals surface area contributed by atoms with Gasteiger partial charge in [0.1, 0.15) is 28.0 Å². The van der Waals surface area contributed by atoms with E-state index in [1.54, 1.807) is 37.3 Å². The van der Waals surface area contributed by atoms with Gasteiger partial charge in [-0.3, -0.25) is 14.6 Å². The molecule has 1 aromatic carbocycles. The van der Waals surface area contributed by atoms with Crippen molar-refractivity contribution in [2.75, 3.05) is 25.2 Å². The van der Waals surface area contributed by atoms with Gasteiger partial charge in [-0.25, -0.2) is 17.8 Å². The molecule has 0 aliphatic heterocycles. The van der Waals surface area contributed by atoms with E-state index in [4.69, 9.17) is 4.74 Å². The molecule has 0 N–H and O–H groups in total. The molecular formula is C28H33ClFN3O5S2. The average Bonchev–Trinajstić information content (AvgIpc) is 3.64. The zero-order valence-corrected chi connectivity index (χ0v) is 25.1. The van der Waals surface area contributed by atoms with Crippen LogP contribution >= 0.6 is 23.7 Å². The third-order valence-corrected chi connectivity index (χ3v) is 9.45. The number of rotatable bonds is 13. The molecule has 12 heteroatoms. The normalized spacial score (nSPS) is 13.8. The van der Waals surface area contributed by atoms with Crippen molar-refractivity contribution in [3.8, 4) is 5.75 Å². The molecule has 0 atom stereocenters. The van der Waals surface area contributed by atoms with Gasteiger partial charge in [-0.15, -0.1) is 23.7 Å². The van der Waals surface area contributed by atoms with Crippen LogP contribution < -0.4 is 4.74 Å². The summed E-state index contributed by atoms with van der Waals surface area (Å²) in [6.45, 7) is 3.81. The highest BCUT2D eigenvalue weighted by atomic mass is 35.5. The summed E-state index contributed by atoms with van der Waals surface area (Å²) in [6, 6.07) is 10.0. The van der Waals surface area contributed by atoms with Gasteiger partial charge < -0.3 is 9.64 Å². The number of halogens is 2. The molecule has 0 bridgehead atoms. The Kier molecular flexibility index (Phi) is 10.4. The van der Waals surface area contributed by atoms with E-state index < -0.39 is 26.8 Å². The monoisotopic (exact) mass is 609 g/mol. The summed E-state index contributed by atoms with van der Waals surface area (Å²) in [5, 5.41) is 0.558. The number of aromatic nitrogens is 2. The second-order valence-corrected chi connectivity index (χ2v) is 13.4. The van der Waals surface area contributed by atoms with Crippen LogP contribution in [0.3, 0.4) is 0 Å². The van der Waals surface area contributed by atoms with E-state index in [0.717, 1.165) is 5.56 Å². The fourth-order valence-corrected chi connectivity index (χ4v) is 6.23. The lowest BCUT2D eigenvalue weighted by molar-refractivity contribution is -0.134. The first kappa shape index (κ1) is 31.6. The molecule has 4 rings (SSSR count). The number of benzene rings is 1. The molecule has 2 heterocycles. The quantitative estimate of drug-likeness (QED) is 0.258. The highest BCUT2D eigenvalue weighted by Gasteiger charge is 2.54. The van der Waals surface area contributed by atoms with Crippen molar-refractivity contribution in [2.24, 2.45) is 0 Å². The van der Waals surface area contributed by atoms with Crippen molar-refractivity contribution >= 4 is 45.3 Å². The molecule has 0 unspecified atom stereocenters. The molecular weight excluding hydrogens is 577 g/mol. The summed E-state index contributed by atoms with van der Waals surface area (Å²) >= 11 is 1.28. The molecule has 40 heavy (non-hydrogen) atoms. The van der Waals surface area contributed by atoms with E-state index in [1.807, 2.05) is 12.1 Å². The Morgan fingerprint density at radius 2 is 1.95 bits per heavy atom. The highest BCUT2D eigenvalue weighted by Crippen LogP contribution is 2.49. The maximum absolute atomic E-state index is 14.0. The lowest BCUT2D eigenvalue weighted by Crippen LogP contribution is -2.40. The van der Waals surface area contributed by atoms with Crippen molar-refractivity contribution < 1.29 is 27.1 Å². The molecule has 1 saturated carbocycles. The van der Waals surface area contributed by atoms with Crippen molar-refractivity contribution in [1.82, 2.24) is 14.9 Å². The number of carbonyl (C=O) groups excluding carboxylic acids is 2. The van der Waals surface area contributed by atoms with Gasteiger partial charge in [0.25, 0.3) is 0 Å². The van der Waals surface area contributed by atoms with Gasteiger partial charge in [-0.1, -0.05) is 19.1 Å². The fraction of sp³-hybridized carbons (Fsp3) is 0.429. The van der Waals surface area contributed by atoms with Gasteiger partial charge >= 0.3 is 0 Å². The first-order valence-electron chi connectivity index (χ1n) is 12.8. The second-order valence-electron chi connectivity index (χ2n) is 9.74. The molecule has 8 nitrogen and oxygen atoms in total. The van der Waals surface area contributed by atoms with Gasteiger partial charge in [-0.05, 0) is 62.4 Å². The van der Waals surface area contributed by atoms with E-state index >= 15 is 0 Å². The Bertz CT molecular complexity index is 1460. The van der Waals surface area contributed by atoms with Crippen LogP contribution in [0, 0.1) is 12.7 Å². The zero-order valence-electron chi connectivity index (χ0n) is 22.7. The predicted molar refractivity (Wildman–Crippen MR) is 155 cm³/mol. The lowest BCUT2D eigenvalue weighted by atomic mass is 9.99. The summed E-state index contributed by atoms with van der Waals surface area (Å²) < 4.78 is 42.8. The molecule has 216 valence electrons. The molecule has 0 spiro atoms. The zero-order chi connectivity index (χ0) is 28.2. The lowest BCUT2D eigenvalue weighted by Gasteiger charge is -2.27. The van der Waals surface area contributed by atoms with Crippen molar-refractivity contribution in [1.29, 1.82) is 0 Å². The topological polar surface area (TPSA) is 107 Å². The summed E-state index contributed by atoms with van der Waals surface area (Å²) in [6.07, 6.45) is 4.13. The molecule has 1 amide bonds. The Labute approximate surface area is 244 Å². The van der Waals surface area contributed by atoms with Gasteiger partial charge in [0, 0.05) is 17.2 Å². The summed E-state index contributed by atoms with van der Waals surface area (Å²) in [4.78, 5) is 37.9. The van der Waals surface area contributed by atoms with Crippen LogP contribution in [0.15, 0.2) is 42.6 Å². The number of ether oxygens (including phenoxy) is 1. The Morgan fingerprint density at radius 3 is 2.55 bits per heavy atom. The highest BCUT2D eigenvalue weighted by molar-refractivity contribution is 7.92. The van der Waals surface area contributed by atoms with Gasteiger partial charge in [-0.2, -0.15) is 0 Å². The minimum atomic E-state index is -3.49. The molecule has 1 aliphatic rings. The van der Waals surface area contributed by atoms with E-state index in [0.29, 0.717) is 53.6 Å². The first-order valence-corrected chi connectivity index (χ1v) is 15.4. The fourth-order valence-electron chi connectivity index (χ4n) is 4.52. The van der Waals surface area contributed by atoms with Gasteiger partial charge in [0.05, 0.1) is 31.0 Å². The van der Waals surface area contributed by atoms with Crippen molar-refractivity contribution in [3.63, 3.8) is 0 Å². The van der Waals surface area contributed by atoms with Crippen LogP contribution in [0.5, 0.6) is 5.75 Å². The minimum absolute atomic E-state index is 0. The molecule has 0 saturated heterocycles. The summed E-state index contributed by atoms with van der Waals surface area (Å²) in [7, 11) is -1.93. The number of aryl methyl sites for hydroxylation is 2. The van der Waals surface area contributed by atoms with E-state index in [2.05, 4.69) is 9.97 Å². The number of sulfone groups is 1. The van der Waals surface area contributed by atoms with E-state index in [-0.39, 0.29) is 42.1 Å². The van der Waals surface area contributed by atoms with Crippen LogP contribution in [0.25, 0.3) is 0 Å². The first-order chi connectivity index (χ1) is 18.6. The van der Waals surface area contributed by atoms with Crippen LogP contribution in [0.4, 0.5) is 4.39 Å². The average molecular weight is 610 g/mol. The molecule has 1 aliphatic carbocycles. The number of thiazole rings is 1.